The summed E-state index contributed by atoms with van der Waals surface area (Å²) in [5.74, 6) is -0.570. The van der Waals surface area contributed by atoms with Gasteiger partial charge in [0.15, 0.2) is 0 Å². The van der Waals surface area contributed by atoms with E-state index >= 15 is 0 Å². The van der Waals surface area contributed by atoms with Gasteiger partial charge in [0.2, 0.25) is 0 Å². The molecule has 0 aliphatic carbocycles. The Balaban J connectivity index is 0. The second-order valence-electron chi connectivity index (χ2n) is 4.03. The molecule has 0 rings (SSSR count). The van der Waals surface area contributed by atoms with Gasteiger partial charge in [-0.1, -0.05) is 33.4 Å². The van der Waals surface area contributed by atoms with Crippen molar-refractivity contribution in [3.63, 3.8) is 0 Å². The van der Waals surface area contributed by atoms with Gasteiger partial charge in [0, 0.05) is 5.57 Å². The van der Waals surface area contributed by atoms with Crippen LogP contribution in [0.1, 0.15) is 33.6 Å². The SMILES string of the molecule is C=C/C(F)=C(/C)C(=C)F.CCCC(C)CNC. The summed E-state index contributed by atoms with van der Waals surface area (Å²) < 4.78 is 24.2. The van der Waals surface area contributed by atoms with Gasteiger partial charge in [0.05, 0.1) is 0 Å². The van der Waals surface area contributed by atoms with Crippen molar-refractivity contribution >= 4 is 0 Å². The summed E-state index contributed by atoms with van der Waals surface area (Å²) in [5, 5.41) is 3.15. The van der Waals surface area contributed by atoms with E-state index in [0.29, 0.717) is 0 Å². The standard InChI is InChI=1S/C7H8F2.C7H17N/c1-4-7(9)5(2)6(3)8;1-4-5-7(2)6-8-3/h4H,1,3H2,2H3;7-8H,4-6H2,1-3H3/b7-5+;. The van der Waals surface area contributed by atoms with Crippen LogP contribution in [-0.4, -0.2) is 13.6 Å². The minimum Gasteiger partial charge on any atom is -0.319 e. The fourth-order valence-electron chi connectivity index (χ4n) is 1.23. The second-order valence-corrected chi connectivity index (χ2v) is 4.03. The molecular formula is C14H25F2N. The van der Waals surface area contributed by atoms with E-state index < -0.39 is 11.7 Å². The van der Waals surface area contributed by atoms with Crippen LogP contribution < -0.4 is 5.32 Å². The molecule has 1 atom stereocenters. The van der Waals surface area contributed by atoms with Crippen molar-refractivity contribution in [2.75, 3.05) is 13.6 Å². The third kappa shape index (κ3) is 11.3. The molecule has 0 aromatic rings. The van der Waals surface area contributed by atoms with E-state index in [-0.39, 0.29) is 5.57 Å². The highest BCUT2D eigenvalue weighted by atomic mass is 19.1. The van der Waals surface area contributed by atoms with Crippen LogP contribution in [0.5, 0.6) is 0 Å². The Morgan fingerprint density at radius 1 is 1.41 bits per heavy atom. The first-order chi connectivity index (χ1) is 7.90. The smallest absolute Gasteiger partial charge is 0.128 e. The van der Waals surface area contributed by atoms with Gasteiger partial charge in [0.25, 0.3) is 0 Å². The van der Waals surface area contributed by atoms with E-state index in [1.54, 1.807) is 0 Å². The molecule has 1 N–H and O–H groups in total. The maximum atomic E-state index is 12.2. The Labute approximate surface area is 104 Å². The molecule has 0 bridgehead atoms. The lowest BCUT2D eigenvalue weighted by atomic mass is 10.1. The van der Waals surface area contributed by atoms with Gasteiger partial charge in [-0.05, 0) is 38.9 Å². The van der Waals surface area contributed by atoms with Crippen LogP contribution in [0.4, 0.5) is 8.78 Å². The Hall–Kier alpha value is -0.960. The summed E-state index contributed by atoms with van der Waals surface area (Å²) in [6, 6.07) is 0. The highest BCUT2D eigenvalue weighted by molar-refractivity contribution is 5.28. The summed E-state index contributed by atoms with van der Waals surface area (Å²) in [7, 11) is 2.01. The number of rotatable bonds is 6. The van der Waals surface area contributed by atoms with Crippen molar-refractivity contribution in [3.8, 4) is 0 Å². The topological polar surface area (TPSA) is 12.0 Å². The summed E-state index contributed by atoms with van der Waals surface area (Å²) in [6.07, 6.45) is 3.60. The van der Waals surface area contributed by atoms with Gasteiger partial charge in [-0.3, -0.25) is 0 Å². The van der Waals surface area contributed by atoms with Crippen molar-refractivity contribution in [2.24, 2.45) is 5.92 Å². The molecule has 0 amide bonds. The van der Waals surface area contributed by atoms with Gasteiger partial charge >= 0.3 is 0 Å². The number of allylic oxidation sites excluding steroid dienone is 4. The number of hydrogen-bond acceptors (Lipinski definition) is 1. The molecule has 100 valence electrons. The highest BCUT2D eigenvalue weighted by Crippen LogP contribution is 2.14. The predicted molar refractivity (Wildman–Crippen MR) is 72.3 cm³/mol. The first kappa shape index (κ1) is 18.4. The molecule has 3 heteroatoms. The van der Waals surface area contributed by atoms with E-state index in [2.05, 4.69) is 32.3 Å². The Morgan fingerprint density at radius 2 is 1.94 bits per heavy atom. The van der Waals surface area contributed by atoms with E-state index in [4.69, 9.17) is 0 Å². The maximum absolute atomic E-state index is 12.2. The normalized spacial score (nSPS) is 13.1. The van der Waals surface area contributed by atoms with E-state index in [1.807, 2.05) is 7.05 Å². The first-order valence-electron chi connectivity index (χ1n) is 5.88. The molecule has 0 fully saturated rings. The van der Waals surface area contributed by atoms with Crippen LogP contribution in [0.15, 0.2) is 36.5 Å². The zero-order valence-corrected chi connectivity index (χ0v) is 11.4. The Morgan fingerprint density at radius 3 is 2.18 bits per heavy atom. The first-order valence-corrected chi connectivity index (χ1v) is 5.88. The Kier molecular flexibility index (Phi) is 12.5. The van der Waals surface area contributed by atoms with Gasteiger partial charge < -0.3 is 5.32 Å². The molecule has 0 aromatic carbocycles. The molecule has 0 heterocycles. The van der Waals surface area contributed by atoms with Crippen LogP contribution in [-0.2, 0) is 0 Å². The summed E-state index contributed by atoms with van der Waals surface area (Å²) in [4.78, 5) is 0. The van der Waals surface area contributed by atoms with Crippen molar-refractivity contribution in [1.29, 1.82) is 0 Å². The molecule has 1 nitrogen and oxygen atoms in total. The lowest BCUT2D eigenvalue weighted by Crippen LogP contribution is -2.15. The second kappa shape index (κ2) is 11.5. The van der Waals surface area contributed by atoms with Crippen molar-refractivity contribution in [3.05, 3.63) is 36.5 Å². The van der Waals surface area contributed by atoms with Crippen molar-refractivity contribution in [2.45, 2.75) is 33.6 Å². The zero-order valence-electron chi connectivity index (χ0n) is 11.4. The van der Waals surface area contributed by atoms with Crippen LogP contribution in [0, 0.1) is 5.92 Å². The zero-order chi connectivity index (χ0) is 13.8. The van der Waals surface area contributed by atoms with Gasteiger partial charge in [-0.2, -0.15) is 0 Å². The molecule has 0 saturated heterocycles. The number of halogens is 2. The highest BCUT2D eigenvalue weighted by Gasteiger charge is 1.99. The predicted octanol–water partition coefficient (Wildman–Crippen LogP) is 4.54. The summed E-state index contributed by atoms with van der Waals surface area (Å²) >= 11 is 0. The molecule has 0 aromatic heterocycles. The molecule has 1 unspecified atom stereocenters. The van der Waals surface area contributed by atoms with E-state index in [1.165, 1.54) is 19.8 Å². The minimum absolute atomic E-state index is 0.0926. The lowest BCUT2D eigenvalue weighted by molar-refractivity contribution is 0.498. The van der Waals surface area contributed by atoms with Crippen molar-refractivity contribution < 1.29 is 8.78 Å². The molecule has 17 heavy (non-hydrogen) atoms. The van der Waals surface area contributed by atoms with Crippen LogP contribution in [0.25, 0.3) is 0 Å². The summed E-state index contributed by atoms with van der Waals surface area (Å²) in [6.45, 7) is 13.0. The fraction of sp³-hybridized carbons (Fsp3) is 0.571. The quantitative estimate of drug-likeness (QED) is 0.677. The maximum Gasteiger partial charge on any atom is 0.128 e. The lowest BCUT2D eigenvalue weighted by Gasteiger charge is -2.06. The third-order valence-corrected chi connectivity index (χ3v) is 2.28. The number of nitrogens with one attached hydrogen (secondary N) is 1. The minimum atomic E-state index is -0.757. The average Bonchev–Trinajstić information content (AvgIpc) is 2.28. The van der Waals surface area contributed by atoms with Gasteiger partial charge in [-0.25, -0.2) is 8.78 Å². The number of hydrogen-bond donors (Lipinski definition) is 1. The molecule has 0 spiro atoms. The van der Waals surface area contributed by atoms with Crippen LogP contribution >= 0.6 is 0 Å². The van der Waals surface area contributed by atoms with Gasteiger partial charge in [0.1, 0.15) is 11.7 Å². The fourth-order valence-corrected chi connectivity index (χ4v) is 1.23. The summed E-state index contributed by atoms with van der Waals surface area (Å²) in [5.41, 5.74) is -0.0926. The molecule has 0 radical (unpaired) electrons. The van der Waals surface area contributed by atoms with Crippen LogP contribution in [0.3, 0.4) is 0 Å². The largest absolute Gasteiger partial charge is 0.319 e. The molecule has 0 saturated carbocycles. The van der Waals surface area contributed by atoms with E-state index in [9.17, 15) is 8.78 Å². The van der Waals surface area contributed by atoms with Crippen molar-refractivity contribution in [1.82, 2.24) is 5.32 Å². The third-order valence-electron chi connectivity index (χ3n) is 2.28. The van der Waals surface area contributed by atoms with Crippen LogP contribution in [0.2, 0.25) is 0 Å². The molecule has 0 aliphatic heterocycles. The van der Waals surface area contributed by atoms with E-state index in [0.717, 1.165) is 18.5 Å². The van der Waals surface area contributed by atoms with Gasteiger partial charge in [-0.15, -0.1) is 0 Å². The average molecular weight is 245 g/mol. The Bertz CT molecular complexity index is 251. The molecular weight excluding hydrogens is 220 g/mol. The molecule has 0 aliphatic rings. The monoisotopic (exact) mass is 245 g/mol.